The Balaban J connectivity index is 1.34. The van der Waals surface area contributed by atoms with E-state index in [9.17, 15) is 9.18 Å². The minimum absolute atomic E-state index is 0.0136. The summed E-state index contributed by atoms with van der Waals surface area (Å²) in [5, 5.41) is 8.63. The van der Waals surface area contributed by atoms with Crippen molar-refractivity contribution in [1.82, 2.24) is 0 Å². The third kappa shape index (κ3) is 4.72. The average molecular weight is 619 g/mol. The first-order valence-corrected chi connectivity index (χ1v) is 17.4. The van der Waals surface area contributed by atoms with Crippen LogP contribution in [0.4, 0.5) is 4.39 Å². The summed E-state index contributed by atoms with van der Waals surface area (Å²) in [6.45, 7) is 17.4. The Labute approximate surface area is 269 Å². The number of ether oxygens (including phenoxy) is 1. The zero-order valence-electron chi connectivity index (χ0n) is 28.6. The molecule has 6 rings (SSSR count). The second-order valence-corrected chi connectivity index (χ2v) is 16.8. The molecule has 0 aromatic heterocycles. The maximum Gasteiger partial charge on any atom is 0.313 e. The van der Waals surface area contributed by atoms with Gasteiger partial charge in [0.15, 0.2) is 0 Å². The van der Waals surface area contributed by atoms with E-state index in [4.69, 9.17) is 16.2 Å². The average Bonchev–Trinajstić information content (AvgIpc) is 2.98. The molecule has 6 nitrogen and oxygen atoms in total. The van der Waals surface area contributed by atoms with E-state index in [0.717, 1.165) is 62.6 Å². The van der Waals surface area contributed by atoms with Gasteiger partial charge in [-0.05, 0) is 121 Å². The van der Waals surface area contributed by atoms with Crippen LogP contribution in [0.5, 0.6) is 0 Å². The van der Waals surface area contributed by atoms with E-state index >= 15 is 0 Å². The molecule has 0 aliphatic heterocycles. The number of esters is 1. The Bertz CT molecular complexity index is 1430. The molecule has 4 N–H and O–H groups in total. The second kappa shape index (κ2) is 10.9. The SMILES string of the molecule is C[C@@H]1CC[C@]2(C(=O)OCc3ccc(F)cc3)CC[C@]3(C)C(=CCC4[C@@]5(C)CC/C(=N\N=C(N)N)C(C)(C)C5CC[C@]43C)C2[C@H]1C. The number of carbonyl (C=O) groups excluding carboxylic acids is 1. The highest BCUT2D eigenvalue weighted by atomic mass is 19.1. The normalized spacial score (nSPS) is 42.7. The predicted molar refractivity (Wildman–Crippen MR) is 178 cm³/mol. The molecule has 0 heterocycles. The van der Waals surface area contributed by atoms with E-state index < -0.39 is 5.41 Å². The molecule has 1 aromatic carbocycles. The first-order valence-electron chi connectivity index (χ1n) is 17.4. The fourth-order valence-electron chi connectivity index (χ4n) is 11.8. The molecule has 5 aliphatic rings. The van der Waals surface area contributed by atoms with Crippen LogP contribution in [-0.2, 0) is 16.1 Å². The van der Waals surface area contributed by atoms with Crippen LogP contribution in [0.1, 0.15) is 112 Å². The summed E-state index contributed by atoms with van der Waals surface area (Å²) >= 11 is 0. The molecule has 4 saturated carbocycles. The first-order chi connectivity index (χ1) is 21.1. The van der Waals surface area contributed by atoms with Crippen LogP contribution in [0.3, 0.4) is 0 Å². The predicted octanol–water partition coefficient (Wildman–Crippen LogP) is 8.16. The molecule has 246 valence electrons. The van der Waals surface area contributed by atoms with Gasteiger partial charge in [0.2, 0.25) is 5.96 Å². The molecule has 45 heavy (non-hydrogen) atoms. The van der Waals surface area contributed by atoms with Crippen LogP contribution in [0.15, 0.2) is 46.1 Å². The van der Waals surface area contributed by atoms with Gasteiger partial charge in [-0.3, -0.25) is 4.79 Å². The van der Waals surface area contributed by atoms with Crippen molar-refractivity contribution in [1.29, 1.82) is 0 Å². The molecule has 4 fully saturated rings. The molecule has 1 aromatic rings. The highest BCUT2D eigenvalue weighted by Crippen LogP contribution is 2.75. The lowest BCUT2D eigenvalue weighted by molar-refractivity contribution is -0.185. The van der Waals surface area contributed by atoms with E-state index in [1.807, 2.05) is 0 Å². The number of rotatable bonds is 4. The van der Waals surface area contributed by atoms with Gasteiger partial charge in [-0.2, -0.15) is 5.10 Å². The highest BCUT2D eigenvalue weighted by molar-refractivity contribution is 5.91. The van der Waals surface area contributed by atoms with Crippen molar-refractivity contribution < 1.29 is 13.9 Å². The summed E-state index contributed by atoms with van der Waals surface area (Å²) in [6.07, 6.45) is 11.8. The Morgan fingerprint density at radius 1 is 0.956 bits per heavy atom. The summed E-state index contributed by atoms with van der Waals surface area (Å²) in [7, 11) is 0. The molecule has 5 aliphatic carbocycles. The fourth-order valence-corrected chi connectivity index (χ4v) is 11.8. The molecule has 0 amide bonds. The molecule has 0 radical (unpaired) electrons. The highest BCUT2D eigenvalue weighted by Gasteiger charge is 2.69. The van der Waals surface area contributed by atoms with E-state index in [2.05, 4.69) is 64.7 Å². The van der Waals surface area contributed by atoms with Crippen LogP contribution in [0, 0.1) is 62.5 Å². The first kappa shape index (κ1) is 32.2. The Kier molecular flexibility index (Phi) is 7.84. The maximum absolute atomic E-state index is 14.3. The number of carbonyl (C=O) groups is 1. The lowest BCUT2D eigenvalue weighted by atomic mass is 9.33. The van der Waals surface area contributed by atoms with Crippen molar-refractivity contribution >= 4 is 17.6 Å². The number of nitrogens with two attached hydrogens (primary N) is 2. The van der Waals surface area contributed by atoms with Crippen molar-refractivity contribution in [3.63, 3.8) is 0 Å². The van der Waals surface area contributed by atoms with Crippen molar-refractivity contribution in [3.05, 3.63) is 47.3 Å². The summed E-state index contributed by atoms with van der Waals surface area (Å²) in [5.74, 6) is 1.88. The van der Waals surface area contributed by atoms with Crippen molar-refractivity contribution in [2.45, 2.75) is 113 Å². The largest absolute Gasteiger partial charge is 0.460 e. The topological polar surface area (TPSA) is 103 Å². The van der Waals surface area contributed by atoms with Gasteiger partial charge in [0.25, 0.3) is 0 Å². The molecular formula is C38H55FN4O2. The van der Waals surface area contributed by atoms with E-state index in [1.165, 1.54) is 24.1 Å². The van der Waals surface area contributed by atoms with Gasteiger partial charge in [-0.25, -0.2) is 4.39 Å². The minimum atomic E-state index is -0.495. The van der Waals surface area contributed by atoms with Crippen LogP contribution in [0.25, 0.3) is 0 Å². The van der Waals surface area contributed by atoms with Gasteiger partial charge >= 0.3 is 5.97 Å². The quantitative estimate of drug-likeness (QED) is 0.117. The Hall–Kier alpha value is -2.70. The lowest BCUT2D eigenvalue weighted by Gasteiger charge is -2.71. The standard InChI is InChI=1S/C38H55FN4O2/c1-23-14-19-38(32(44)45-22-25-8-10-26(39)11-9-25)21-20-36(6)27(31(38)24(23)2)12-13-29-35(5)17-16-30(42-43-33(40)41)34(3,4)28(35)15-18-37(29,36)7/h8-12,23-24,28-29,31H,13-22H2,1-7H3,(H4,40,41,43)/b42-30+/t23-,24+,28?,29?,31?,35+,36-,37-,38+/m1/s1. The van der Waals surface area contributed by atoms with Crippen LogP contribution >= 0.6 is 0 Å². The van der Waals surface area contributed by atoms with Crippen LogP contribution in [0.2, 0.25) is 0 Å². The van der Waals surface area contributed by atoms with Gasteiger partial charge < -0.3 is 16.2 Å². The van der Waals surface area contributed by atoms with Gasteiger partial charge in [-0.15, -0.1) is 5.10 Å². The number of hydrogen-bond donors (Lipinski definition) is 2. The molecule has 0 bridgehead atoms. The zero-order chi connectivity index (χ0) is 32.6. The number of guanidine groups is 1. The number of nitrogens with zero attached hydrogens (tertiary/aromatic N) is 2. The summed E-state index contributed by atoms with van der Waals surface area (Å²) in [5.41, 5.74) is 14.5. The van der Waals surface area contributed by atoms with Gasteiger partial charge in [0.05, 0.1) is 5.41 Å². The Morgan fingerprint density at radius 3 is 2.36 bits per heavy atom. The number of allylic oxidation sites excluding steroid dienone is 2. The third-order valence-electron chi connectivity index (χ3n) is 14.7. The minimum Gasteiger partial charge on any atom is -0.460 e. The van der Waals surface area contributed by atoms with Crippen LogP contribution < -0.4 is 11.5 Å². The van der Waals surface area contributed by atoms with E-state index in [-0.39, 0.29) is 51.9 Å². The summed E-state index contributed by atoms with van der Waals surface area (Å²) in [6, 6.07) is 6.30. The molecule has 3 unspecified atom stereocenters. The van der Waals surface area contributed by atoms with Crippen molar-refractivity contribution in [3.8, 4) is 0 Å². The fraction of sp³-hybridized carbons (Fsp3) is 0.711. The van der Waals surface area contributed by atoms with Crippen LogP contribution in [-0.4, -0.2) is 17.6 Å². The molecule has 0 saturated heterocycles. The molecule has 9 atom stereocenters. The maximum atomic E-state index is 14.3. The van der Waals surface area contributed by atoms with Gasteiger partial charge in [0.1, 0.15) is 12.4 Å². The smallest absolute Gasteiger partial charge is 0.313 e. The second-order valence-electron chi connectivity index (χ2n) is 16.8. The number of hydrogen-bond acceptors (Lipinski definition) is 4. The van der Waals surface area contributed by atoms with E-state index in [1.54, 1.807) is 12.1 Å². The number of fused-ring (bicyclic) bond motifs is 7. The van der Waals surface area contributed by atoms with E-state index in [0.29, 0.717) is 23.7 Å². The summed E-state index contributed by atoms with van der Waals surface area (Å²) < 4.78 is 19.6. The molecule has 0 spiro atoms. The number of halogens is 1. The van der Waals surface area contributed by atoms with Gasteiger partial charge in [-0.1, -0.05) is 72.2 Å². The zero-order valence-corrected chi connectivity index (χ0v) is 28.6. The molecule has 7 heteroatoms. The Morgan fingerprint density at radius 2 is 1.67 bits per heavy atom. The monoisotopic (exact) mass is 618 g/mol. The number of benzene rings is 1. The lowest BCUT2D eigenvalue weighted by Crippen LogP contribution is -2.65. The van der Waals surface area contributed by atoms with Crippen molar-refractivity contribution in [2.75, 3.05) is 0 Å². The van der Waals surface area contributed by atoms with Crippen molar-refractivity contribution in [2.24, 2.45) is 78.3 Å². The van der Waals surface area contributed by atoms with Gasteiger partial charge in [0, 0.05) is 11.1 Å². The molecular weight excluding hydrogens is 563 g/mol. The third-order valence-corrected chi connectivity index (χ3v) is 14.7. The summed E-state index contributed by atoms with van der Waals surface area (Å²) in [4.78, 5) is 14.3.